The maximum atomic E-state index is 12.9. The number of amides is 1. The number of benzene rings is 2. The fourth-order valence-corrected chi connectivity index (χ4v) is 5.84. The molecule has 1 N–H and O–H groups in total. The first-order valence-electron chi connectivity index (χ1n) is 10.7. The summed E-state index contributed by atoms with van der Waals surface area (Å²) in [5.74, 6) is 0.410. The molecule has 1 saturated heterocycles. The minimum atomic E-state index is -3.63. The van der Waals surface area contributed by atoms with E-state index in [1.165, 1.54) is 16.4 Å². The third-order valence-corrected chi connectivity index (χ3v) is 8.72. The van der Waals surface area contributed by atoms with E-state index in [-0.39, 0.29) is 22.1 Å². The van der Waals surface area contributed by atoms with Crippen molar-refractivity contribution in [1.82, 2.24) is 13.9 Å². The lowest BCUT2D eigenvalue weighted by Gasteiger charge is -2.26. The highest BCUT2D eigenvalue weighted by Gasteiger charge is 2.27. The first kappa shape index (κ1) is 24.3. The van der Waals surface area contributed by atoms with Crippen LogP contribution in [0.25, 0.3) is 11.0 Å². The van der Waals surface area contributed by atoms with Crippen LogP contribution in [0, 0.1) is 0 Å². The van der Waals surface area contributed by atoms with Crippen LogP contribution in [0.2, 0.25) is 0 Å². The lowest BCUT2D eigenvalue weighted by molar-refractivity contribution is -0.116. The van der Waals surface area contributed by atoms with Crippen LogP contribution in [0.15, 0.2) is 52.3 Å². The van der Waals surface area contributed by atoms with Gasteiger partial charge in [-0.1, -0.05) is 0 Å². The molecular weight excluding hydrogens is 480 g/mol. The van der Waals surface area contributed by atoms with Crippen LogP contribution in [0.4, 0.5) is 5.69 Å². The molecule has 1 amide bonds. The number of nitrogens with zero attached hydrogens (tertiary/aromatic N) is 3. The summed E-state index contributed by atoms with van der Waals surface area (Å²) < 4.78 is 57.5. The Kier molecular flexibility index (Phi) is 6.76. The van der Waals surface area contributed by atoms with Crippen molar-refractivity contribution in [3.05, 3.63) is 48.3 Å². The van der Waals surface area contributed by atoms with Crippen molar-refractivity contribution >= 4 is 42.5 Å². The summed E-state index contributed by atoms with van der Waals surface area (Å²) in [4.78, 5) is 17.3. The summed E-state index contributed by atoms with van der Waals surface area (Å²) in [6.45, 7) is 1.39. The smallest absolute Gasteiger partial charge is 0.243 e. The number of hydrogen-bond acceptors (Lipinski definition) is 7. The van der Waals surface area contributed by atoms with Gasteiger partial charge in [0.05, 0.1) is 34.0 Å². The minimum Gasteiger partial charge on any atom is -0.379 e. The van der Waals surface area contributed by atoms with Crippen LogP contribution in [0.3, 0.4) is 0 Å². The standard InChI is InChI=1S/C22H26N4O6S2/c1-25-20-8-7-18(34(30,31)26-11-13-32-14-12-26)15-19(20)24-21(25)9-10-22(27)23-16-3-5-17(6-4-16)33(2,28)29/h3-8,15H,9-14H2,1-2H3,(H,23,27). The van der Waals surface area contributed by atoms with Crippen LogP contribution in [-0.2, 0) is 42.9 Å². The third-order valence-electron chi connectivity index (χ3n) is 5.69. The fourth-order valence-electron chi connectivity index (χ4n) is 3.78. The van der Waals surface area contributed by atoms with E-state index in [0.29, 0.717) is 49.8 Å². The van der Waals surface area contributed by atoms with E-state index < -0.39 is 19.9 Å². The van der Waals surface area contributed by atoms with Gasteiger partial charge in [0.15, 0.2) is 9.84 Å². The monoisotopic (exact) mass is 506 g/mol. The average molecular weight is 507 g/mol. The zero-order valence-corrected chi connectivity index (χ0v) is 20.5. The summed E-state index contributed by atoms with van der Waals surface area (Å²) >= 11 is 0. The number of anilines is 1. The van der Waals surface area contributed by atoms with Crippen molar-refractivity contribution in [3.63, 3.8) is 0 Å². The molecule has 12 heteroatoms. The summed E-state index contributed by atoms with van der Waals surface area (Å²) in [7, 11) is -5.11. The number of sulfonamides is 1. The molecule has 2 aromatic carbocycles. The molecule has 0 spiro atoms. The lowest BCUT2D eigenvalue weighted by atomic mass is 10.2. The lowest BCUT2D eigenvalue weighted by Crippen LogP contribution is -2.40. The molecule has 3 aromatic rings. The van der Waals surface area contributed by atoms with Crippen LogP contribution < -0.4 is 5.32 Å². The largest absolute Gasteiger partial charge is 0.379 e. The van der Waals surface area contributed by atoms with Gasteiger partial charge in [0.1, 0.15) is 5.82 Å². The number of rotatable bonds is 7. The summed E-state index contributed by atoms with van der Waals surface area (Å²) in [6.07, 6.45) is 1.63. The number of carbonyl (C=O) groups is 1. The van der Waals surface area contributed by atoms with Gasteiger partial charge in [0.25, 0.3) is 0 Å². The van der Waals surface area contributed by atoms with Crippen molar-refractivity contribution in [1.29, 1.82) is 0 Å². The molecule has 1 aromatic heterocycles. The van der Waals surface area contributed by atoms with Gasteiger partial charge in [-0.15, -0.1) is 0 Å². The number of hydrogen-bond donors (Lipinski definition) is 1. The molecule has 10 nitrogen and oxygen atoms in total. The second kappa shape index (κ2) is 9.45. The molecule has 1 fully saturated rings. The van der Waals surface area contributed by atoms with Gasteiger partial charge >= 0.3 is 0 Å². The molecule has 1 aliphatic heterocycles. The molecule has 1 aliphatic rings. The number of ether oxygens (including phenoxy) is 1. The van der Waals surface area contributed by atoms with E-state index in [2.05, 4.69) is 10.3 Å². The van der Waals surface area contributed by atoms with Gasteiger partial charge in [0.2, 0.25) is 15.9 Å². The maximum absolute atomic E-state index is 12.9. The van der Waals surface area contributed by atoms with Crippen molar-refractivity contribution in [2.75, 3.05) is 37.9 Å². The summed E-state index contributed by atoms with van der Waals surface area (Å²) in [5, 5.41) is 2.74. The van der Waals surface area contributed by atoms with E-state index in [0.717, 1.165) is 11.8 Å². The average Bonchev–Trinajstić information content (AvgIpc) is 3.13. The molecule has 0 unspecified atom stereocenters. The number of carbonyl (C=O) groups excluding carboxylic acids is 1. The van der Waals surface area contributed by atoms with Gasteiger partial charge < -0.3 is 14.6 Å². The fraction of sp³-hybridized carbons (Fsp3) is 0.364. The Morgan fingerprint density at radius 2 is 1.68 bits per heavy atom. The molecule has 4 rings (SSSR count). The Labute approximate surface area is 198 Å². The molecular formula is C22H26N4O6S2. The molecule has 0 aliphatic carbocycles. The Morgan fingerprint density at radius 3 is 2.32 bits per heavy atom. The van der Waals surface area contributed by atoms with Crippen molar-refractivity contribution in [3.8, 4) is 0 Å². The van der Waals surface area contributed by atoms with Gasteiger partial charge in [-0.2, -0.15) is 4.31 Å². The Bertz CT molecular complexity index is 1420. The van der Waals surface area contributed by atoms with Crippen molar-refractivity contribution in [2.24, 2.45) is 7.05 Å². The molecule has 182 valence electrons. The summed E-state index contributed by atoms with van der Waals surface area (Å²) in [6, 6.07) is 10.8. The van der Waals surface area contributed by atoms with Crippen LogP contribution in [-0.4, -0.2) is 69.2 Å². The van der Waals surface area contributed by atoms with E-state index in [1.807, 2.05) is 11.6 Å². The van der Waals surface area contributed by atoms with Crippen LogP contribution >= 0.6 is 0 Å². The molecule has 34 heavy (non-hydrogen) atoms. The van der Waals surface area contributed by atoms with E-state index in [1.54, 1.807) is 30.3 Å². The number of aryl methyl sites for hydroxylation is 2. The first-order chi connectivity index (χ1) is 16.1. The van der Waals surface area contributed by atoms with Crippen LogP contribution in [0.1, 0.15) is 12.2 Å². The van der Waals surface area contributed by atoms with E-state index >= 15 is 0 Å². The number of fused-ring (bicyclic) bond motifs is 1. The van der Waals surface area contributed by atoms with Gasteiger partial charge in [-0.25, -0.2) is 21.8 Å². The van der Waals surface area contributed by atoms with Gasteiger partial charge in [0, 0.05) is 44.9 Å². The third kappa shape index (κ3) is 5.14. The van der Waals surface area contributed by atoms with Crippen molar-refractivity contribution < 1.29 is 26.4 Å². The number of sulfone groups is 1. The van der Waals surface area contributed by atoms with E-state index in [9.17, 15) is 21.6 Å². The normalized spacial score (nSPS) is 15.5. The number of aromatic nitrogens is 2. The quantitative estimate of drug-likeness (QED) is 0.515. The van der Waals surface area contributed by atoms with Gasteiger partial charge in [-0.05, 0) is 42.5 Å². The molecule has 0 atom stereocenters. The predicted molar refractivity (Wildman–Crippen MR) is 127 cm³/mol. The molecule has 2 heterocycles. The highest BCUT2D eigenvalue weighted by Crippen LogP contribution is 2.23. The second-order valence-corrected chi connectivity index (χ2v) is 12.1. The predicted octanol–water partition coefficient (Wildman–Crippen LogP) is 1.57. The molecule has 0 radical (unpaired) electrons. The maximum Gasteiger partial charge on any atom is 0.243 e. The SMILES string of the molecule is Cn1c(CCC(=O)Nc2ccc(S(C)(=O)=O)cc2)nc2cc(S(=O)(=O)N3CCOCC3)ccc21. The minimum absolute atomic E-state index is 0.157. The number of nitrogens with one attached hydrogen (secondary N) is 1. The van der Waals surface area contributed by atoms with Crippen molar-refractivity contribution in [2.45, 2.75) is 22.6 Å². The second-order valence-electron chi connectivity index (χ2n) is 8.10. The zero-order valence-electron chi connectivity index (χ0n) is 18.9. The topological polar surface area (TPSA) is 128 Å². The highest BCUT2D eigenvalue weighted by molar-refractivity contribution is 7.90. The Balaban J connectivity index is 1.45. The highest BCUT2D eigenvalue weighted by atomic mass is 32.2. The summed E-state index contributed by atoms with van der Waals surface area (Å²) in [5.41, 5.74) is 1.82. The van der Waals surface area contributed by atoms with E-state index in [4.69, 9.17) is 4.74 Å². The Hall–Kier alpha value is -2.80. The zero-order chi connectivity index (χ0) is 24.5. The number of morpholine rings is 1. The Morgan fingerprint density at radius 1 is 1.03 bits per heavy atom. The number of imidazole rings is 1. The van der Waals surface area contributed by atoms with Gasteiger partial charge in [-0.3, -0.25) is 4.79 Å². The first-order valence-corrected chi connectivity index (χ1v) is 14.0. The molecule has 0 saturated carbocycles. The molecule has 0 bridgehead atoms. The van der Waals surface area contributed by atoms with Crippen LogP contribution in [0.5, 0.6) is 0 Å².